The van der Waals surface area contributed by atoms with Gasteiger partial charge in [-0.25, -0.2) is 0 Å². The van der Waals surface area contributed by atoms with E-state index in [4.69, 9.17) is 25.5 Å². The Kier molecular flexibility index (Phi) is 6.18. The number of methoxy groups -OCH3 is 1. The number of rotatable bonds is 8. The van der Waals surface area contributed by atoms with E-state index in [9.17, 15) is 5.26 Å². The summed E-state index contributed by atoms with van der Waals surface area (Å²) in [5.74, 6) is 2.08. The molecular formula is C20H18ClN3O3. The molecule has 0 aliphatic heterocycles. The molecule has 1 heterocycles. The van der Waals surface area contributed by atoms with Crippen LogP contribution in [0, 0.1) is 11.3 Å². The molecule has 0 aliphatic carbocycles. The van der Waals surface area contributed by atoms with Crippen molar-refractivity contribution < 1.29 is 13.9 Å². The van der Waals surface area contributed by atoms with Crippen LogP contribution in [0.15, 0.2) is 52.9 Å². The van der Waals surface area contributed by atoms with Gasteiger partial charge >= 0.3 is 0 Å². The number of oxazole rings is 1. The average molecular weight is 384 g/mol. The van der Waals surface area contributed by atoms with Crippen LogP contribution in [0.5, 0.6) is 11.5 Å². The van der Waals surface area contributed by atoms with Crippen molar-refractivity contribution in [3.8, 4) is 17.6 Å². The topological polar surface area (TPSA) is 80.3 Å². The van der Waals surface area contributed by atoms with Crippen LogP contribution in [-0.4, -0.2) is 18.6 Å². The van der Waals surface area contributed by atoms with E-state index in [1.165, 1.54) is 0 Å². The SMILES string of the molecule is COc1ccc(CCNc2oc(COc3cccc(Cl)c3)nc2C#N)cc1. The summed E-state index contributed by atoms with van der Waals surface area (Å²) in [7, 11) is 1.64. The Hall–Kier alpha value is -3.17. The van der Waals surface area contributed by atoms with E-state index in [0.29, 0.717) is 29.1 Å². The molecule has 0 saturated carbocycles. The van der Waals surface area contributed by atoms with Gasteiger partial charge in [0.05, 0.1) is 7.11 Å². The summed E-state index contributed by atoms with van der Waals surface area (Å²) >= 11 is 5.92. The molecule has 0 spiro atoms. The van der Waals surface area contributed by atoms with Crippen LogP contribution in [0.1, 0.15) is 17.1 Å². The molecule has 138 valence electrons. The van der Waals surface area contributed by atoms with Crippen molar-refractivity contribution in [3.63, 3.8) is 0 Å². The second kappa shape index (κ2) is 8.97. The minimum absolute atomic E-state index is 0.106. The number of aromatic nitrogens is 1. The minimum atomic E-state index is 0.106. The van der Waals surface area contributed by atoms with Crippen LogP contribution in [0.3, 0.4) is 0 Å². The van der Waals surface area contributed by atoms with Crippen molar-refractivity contribution in [2.45, 2.75) is 13.0 Å². The number of benzene rings is 2. The molecule has 7 heteroatoms. The van der Waals surface area contributed by atoms with Gasteiger partial charge in [0.25, 0.3) is 0 Å². The van der Waals surface area contributed by atoms with Crippen LogP contribution in [0.25, 0.3) is 0 Å². The Morgan fingerprint density at radius 2 is 2.00 bits per heavy atom. The molecule has 0 aliphatic rings. The molecule has 2 aromatic carbocycles. The number of nitrogens with one attached hydrogen (secondary N) is 1. The molecule has 27 heavy (non-hydrogen) atoms. The van der Waals surface area contributed by atoms with Crippen molar-refractivity contribution in [3.05, 3.63) is 70.7 Å². The first kappa shape index (κ1) is 18.6. The van der Waals surface area contributed by atoms with Crippen LogP contribution in [0.2, 0.25) is 5.02 Å². The maximum absolute atomic E-state index is 9.24. The van der Waals surface area contributed by atoms with E-state index in [0.717, 1.165) is 17.7 Å². The average Bonchev–Trinajstić information content (AvgIpc) is 3.09. The summed E-state index contributed by atoms with van der Waals surface area (Å²) in [4.78, 5) is 4.15. The highest BCUT2D eigenvalue weighted by molar-refractivity contribution is 6.30. The van der Waals surface area contributed by atoms with Gasteiger partial charge in [-0.15, -0.1) is 0 Å². The van der Waals surface area contributed by atoms with Gasteiger partial charge in [-0.3, -0.25) is 0 Å². The Morgan fingerprint density at radius 3 is 2.70 bits per heavy atom. The predicted molar refractivity (Wildman–Crippen MR) is 102 cm³/mol. The Bertz CT molecular complexity index is 932. The molecular weight excluding hydrogens is 366 g/mol. The smallest absolute Gasteiger partial charge is 0.236 e. The third kappa shape index (κ3) is 5.16. The van der Waals surface area contributed by atoms with Gasteiger partial charge in [-0.2, -0.15) is 10.2 Å². The molecule has 1 aromatic heterocycles. The second-order valence-electron chi connectivity index (χ2n) is 5.67. The Morgan fingerprint density at radius 1 is 1.19 bits per heavy atom. The van der Waals surface area contributed by atoms with Gasteiger partial charge < -0.3 is 19.2 Å². The number of hydrogen-bond acceptors (Lipinski definition) is 6. The van der Waals surface area contributed by atoms with Gasteiger partial charge in [0, 0.05) is 11.6 Å². The summed E-state index contributed by atoms with van der Waals surface area (Å²) in [5, 5.41) is 12.9. The lowest BCUT2D eigenvalue weighted by Gasteiger charge is -2.05. The first-order valence-electron chi connectivity index (χ1n) is 8.33. The molecule has 3 aromatic rings. The largest absolute Gasteiger partial charge is 0.497 e. The lowest BCUT2D eigenvalue weighted by Crippen LogP contribution is -2.05. The molecule has 0 radical (unpaired) electrons. The number of anilines is 1. The fraction of sp³-hybridized carbons (Fsp3) is 0.200. The lowest BCUT2D eigenvalue weighted by atomic mass is 10.1. The number of nitriles is 1. The van der Waals surface area contributed by atoms with Gasteiger partial charge in [-0.05, 0) is 42.3 Å². The van der Waals surface area contributed by atoms with Crippen LogP contribution in [0.4, 0.5) is 5.88 Å². The van der Waals surface area contributed by atoms with Crippen molar-refractivity contribution in [1.29, 1.82) is 5.26 Å². The first-order chi connectivity index (χ1) is 13.2. The summed E-state index contributed by atoms with van der Waals surface area (Å²) < 4.78 is 16.3. The molecule has 0 fully saturated rings. The third-order valence-corrected chi connectivity index (χ3v) is 4.03. The monoisotopic (exact) mass is 383 g/mol. The van der Waals surface area contributed by atoms with Gasteiger partial charge in [0.1, 0.15) is 17.6 Å². The van der Waals surface area contributed by atoms with Crippen molar-refractivity contribution in [1.82, 2.24) is 4.98 Å². The van der Waals surface area contributed by atoms with Crippen molar-refractivity contribution >= 4 is 17.5 Å². The second-order valence-corrected chi connectivity index (χ2v) is 6.10. The van der Waals surface area contributed by atoms with Crippen molar-refractivity contribution in [2.75, 3.05) is 19.0 Å². The number of hydrogen-bond donors (Lipinski definition) is 1. The van der Waals surface area contributed by atoms with E-state index in [1.54, 1.807) is 31.4 Å². The van der Waals surface area contributed by atoms with E-state index in [-0.39, 0.29) is 12.3 Å². The summed E-state index contributed by atoms with van der Waals surface area (Å²) in [6.07, 6.45) is 0.768. The van der Waals surface area contributed by atoms with Crippen LogP contribution >= 0.6 is 11.6 Å². The molecule has 0 bridgehead atoms. The Balaban J connectivity index is 1.56. The molecule has 0 atom stereocenters. The molecule has 1 N–H and O–H groups in total. The number of halogens is 1. The lowest BCUT2D eigenvalue weighted by molar-refractivity contribution is 0.265. The van der Waals surface area contributed by atoms with Gasteiger partial charge in [-0.1, -0.05) is 29.8 Å². The maximum atomic E-state index is 9.24. The maximum Gasteiger partial charge on any atom is 0.236 e. The fourth-order valence-corrected chi connectivity index (χ4v) is 2.62. The molecule has 0 unspecified atom stereocenters. The molecule has 3 rings (SSSR count). The molecule has 0 amide bonds. The standard InChI is InChI=1S/C20H18ClN3O3/c1-25-16-7-5-14(6-8-16)9-10-23-20-18(12-22)24-19(27-20)13-26-17-4-2-3-15(21)11-17/h2-8,11,23H,9-10,13H2,1H3. The fourth-order valence-electron chi connectivity index (χ4n) is 2.44. The van der Waals surface area contributed by atoms with E-state index < -0.39 is 0 Å². The summed E-state index contributed by atoms with van der Waals surface area (Å²) in [5.41, 5.74) is 1.35. The quantitative estimate of drug-likeness (QED) is 0.619. The van der Waals surface area contributed by atoms with Crippen LogP contribution in [-0.2, 0) is 13.0 Å². The highest BCUT2D eigenvalue weighted by Crippen LogP contribution is 2.21. The number of nitrogens with zero attached hydrogens (tertiary/aromatic N) is 2. The molecule has 6 nitrogen and oxygen atoms in total. The van der Waals surface area contributed by atoms with Crippen molar-refractivity contribution in [2.24, 2.45) is 0 Å². The molecule has 0 saturated heterocycles. The summed E-state index contributed by atoms with van der Waals surface area (Å²) in [6.45, 7) is 0.708. The highest BCUT2D eigenvalue weighted by Gasteiger charge is 2.13. The number of ether oxygens (including phenoxy) is 2. The van der Waals surface area contributed by atoms with Gasteiger partial charge in [0.2, 0.25) is 17.5 Å². The highest BCUT2D eigenvalue weighted by atomic mass is 35.5. The summed E-state index contributed by atoms with van der Waals surface area (Å²) in [6, 6.07) is 16.9. The zero-order chi connectivity index (χ0) is 19.1. The van der Waals surface area contributed by atoms with E-state index >= 15 is 0 Å². The third-order valence-electron chi connectivity index (χ3n) is 3.79. The van der Waals surface area contributed by atoms with E-state index in [1.807, 2.05) is 30.3 Å². The minimum Gasteiger partial charge on any atom is -0.497 e. The zero-order valence-corrected chi connectivity index (χ0v) is 15.5. The van der Waals surface area contributed by atoms with E-state index in [2.05, 4.69) is 10.3 Å². The first-order valence-corrected chi connectivity index (χ1v) is 8.70. The van der Waals surface area contributed by atoms with Crippen LogP contribution < -0.4 is 14.8 Å². The Labute approximate surface area is 162 Å². The van der Waals surface area contributed by atoms with Gasteiger partial charge in [0.15, 0.2) is 6.61 Å². The normalized spacial score (nSPS) is 10.3. The zero-order valence-electron chi connectivity index (χ0n) is 14.7. The predicted octanol–water partition coefficient (Wildman–Crippen LogP) is 4.44.